The van der Waals surface area contributed by atoms with Crippen molar-refractivity contribution in [3.63, 3.8) is 0 Å². The van der Waals surface area contributed by atoms with Crippen LogP contribution < -0.4 is 10.1 Å². The van der Waals surface area contributed by atoms with E-state index in [0.717, 1.165) is 0 Å². The van der Waals surface area contributed by atoms with Crippen molar-refractivity contribution in [3.05, 3.63) is 23.2 Å². The Bertz CT molecular complexity index is 717. The topological polar surface area (TPSA) is 92.8 Å². The number of anilines is 1. The van der Waals surface area contributed by atoms with Crippen LogP contribution in [0.2, 0.25) is 5.02 Å². The third-order valence-electron chi connectivity index (χ3n) is 3.47. The minimum absolute atomic E-state index is 0.103. The number of ether oxygens (including phenoxy) is 1. The first-order valence-electron chi connectivity index (χ1n) is 7.92. The van der Waals surface area contributed by atoms with E-state index in [9.17, 15) is 18.0 Å². The van der Waals surface area contributed by atoms with E-state index >= 15 is 0 Å². The van der Waals surface area contributed by atoms with Crippen LogP contribution in [0.25, 0.3) is 0 Å². The number of likely N-dealkylation sites (N-methyl/N-ethyl adjacent to an activating group) is 1. The van der Waals surface area contributed by atoms with Gasteiger partial charge in [0.2, 0.25) is 5.91 Å². The highest BCUT2D eigenvalue weighted by Crippen LogP contribution is 2.27. The maximum atomic E-state index is 11.9. The molecule has 0 saturated carbocycles. The molecule has 9 heteroatoms. The maximum Gasteiger partial charge on any atom is 0.260 e. The molecule has 0 saturated heterocycles. The van der Waals surface area contributed by atoms with Crippen molar-refractivity contribution in [1.29, 1.82) is 0 Å². The molecule has 0 radical (unpaired) electrons. The number of sulfone groups is 1. The Hall–Kier alpha value is -1.80. The number of nitrogens with one attached hydrogen (secondary N) is 1. The summed E-state index contributed by atoms with van der Waals surface area (Å²) in [6, 6.07) is 4.48. The first-order valence-corrected chi connectivity index (χ1v) is 10.1. The van der Waals surface area contributed by atoms with Crippen molar-refractivity contribution < 1.29 is 22.7 Å². The second kappa shape index (κ2) is 9.62. The van der Waals surface area contributed by atoms with E-state index in [1.165, 1.54) is 25.1 Å². The number of carbonyl (C=O) groups excluding carboxylic acids is 2. The van der Waals surface area contributed by atoms with Gasteiger partial charge in [-0.05, 0) is 32.0 Å². The van der Waals surface area contributed by atoms with Crippen molar-refractivity contribution in [1.82, 2.24) is 4.90 Å². The second-order valence-electron chi connectivity index (χ2n) is 5.22. The molecule has 0 aromatic heterocycles. The first kappa shape index (κ1) is 21.2. The monoisotopic (exact) mass is 390 g/mol. The molecule has 1 aromatic rings. The number of amides is 2. The van der Waals surface area contributed by atoms with E-state index in [-0.39, 0.29) is 23.3 Å². The molecule has 0 bridgehead atoms. The summed E-state index contributed by atoms with van der Waals surface area (Å²) in [6.07, 6.45) is 0. The smallest absolute Gasteiger partial charge is 0.260 e. The molecule has 1 N–H and O–H groups in total. The number of rotatable bonds is 9. The molecule has 2 amide bonds. The zero-order valence-electron chi connectivity index (χ0n) is 14.5. The zero-order valence-corrected chi connectivity index (χ0v) is 16.1. The van der Waals surface area contributed by atoms with Gasteiger partial charge in [0, 0.05) is 24.5 Å². The van der Waals surface area contributed by atoms with Crippen LogP contribution in [0.4, 0.5) is 5.69 Å². The lowest BCUT2D eigenvalue weighted by Crippen LogP contribution is -2.34. The highest BCUT2D eigenvalue weighted by Gasteiger charge is 2.15. The fraction of sp³-hybridized carbons (Fsp3) is 0.500. The van der Waals surface area contributed by atoms with Gasteiger partial charge in [-0.15, -0.1) is 0 Å². The summed E-state index contributed by atoms with van der Waals surface area (Å²) < 4.78 is 28.3. The molecular weight excluding hydrogens is 368 g/mol. The lowest BCUT2D eigenvalue weighted by atomic mass is 10.3. The van der Waals surface area contributed by atoms with E-state index in [1.54, 1.807) is 4.90 Å². The van der Waals surface area contributed by atoms with Gasteiger partial charge >= 0.3 is 0 Å². The normalized spacial score (nSPS) is 11.0. The molecule has 0 unspecified atom stereocenters. The highest BCUT2D eigenvalue weighted by molar-refractivity contribution is 7.92. The van der Waals surface area contributed by atoms with Gasteiger partial charge < -0.3 is 15.0 Å². The third-order valence-corrected chi connectivity index (χ3v) is 5.35. The molecule has 7 nitrogen and oxygen atoms in total. The fourth-order valence-corrected chi connectivity index (χ4v) is 2.91. The molecule has 0 aliphatic rings. The molecule has 0 heterocycles. The van der Waals surface area contributed by atoms with Crippen LogP contribution >= 0.6 is 11.6 Å². The predicted molar refractivity (Wildman–Crippen MR) is 97.8 cm³/mol. The van der Waals surface area contributed by atoms with Crippen LogP contribution in [0, 0.1) is 0 Å². The van der Waals surface area contributed by atoms with Gasteiger partial charge in [0.15, 0.2) is 16.4 Å². The number of halogens is 1. The van der Waals surface area contributed by atoms with E-state index in [1.807, 2.05) is 13.8 Å². The Labute approximate surface area is 153 Å². The van der Waals surface area contributed by atoms with Crippen molar-refractivity contribution in [2.24, 2.45) is 0 Å². The predicted octanol–water partition coefficient (Wildman–Crippen LogP) is 1.96. The summed E-state index contributed by atoms with van der Waals surface area (Å²) in [5.41, 5.74) is 0.351. The van der Waals surface area contributed by atoms with Crippen molar-refractivity contribution in [2.75, 3.05) is 36.5 Å². The van der Waals surface area contributed by atoms with Gasteiger partial charge in [0.1, 0.15) is 11.5 Å². The van der Waals surface area contributed by atoms with E-state index in [4.69, 9.17) is 16.3 Å². The second-order valence-corrected chi connectivity index (χ2v) is 7.99. The first-order chi connectivity index (χ1) is 11.7. The Balaban J connectivity index is 2.68. The van der Waals surface area contributed by atoms with Crippen molar-refractivity contribution >= 4 is 38.9 Å². The number of carbonyl (C=O) groups is 2. The summed E-state index contributed by atoms with van der Waals surface area (Å²) >= 11 is 6.08. The Morgan fingerprint density at radius 2 is 1.84 bits per heavy atom. The standard InChI is InChI=1S/C16H23ClN2O5S/c1-4-19(5-2)16(21)10-24-14-8-7-12(9-13(14)17)18-15(20)11-25(22,23)6-3/h7-9H,4-6,10-11H2,1-3H3,(H,18,20). The van der Waals surface area contributed by atoms with Crippen LogP contribution in [-0.2, 0) is 19.4 Å². The number of hydrogen-bond donors (Lipinski definition) is 1. The SMILES string of the molecule is CCN(CC)C(=O)COc1ccc(NC(=O)CS(=O)(=O)CC)cc1Cl. The maximum absolute atomic E-state index is 11.9. The Morgan fingerprint density at radius 3 is 2.36 bits per heavy atom. The summed E-state index contributed by atoms with van der Waals surface area (Å²) in [4.78, 5) is 25.3. The molecule has 25 heavy (non-hydrogen) atoms. The molecule has 1 rings (SSSR count). The molecular formula is C16H23ClN2O5S. The van der Waals surface area contributed by atoms with E-state index < -0.39 is 21.5 Å². The van der Waals surface area contributed by atoms with Gasteiger partial charge in [0.25, 0.3) is 5.91 Å². The minimum atomic E-state index is -3.40. The molecule has 0 aliphatic carbocycles. The molecule has 0 fully saturated rings. The number of benzene rings is 1. The lowest BCUT2D eigenvalue weighted by Gasteiger charge is -2.19. The zero-order chi connectivity index (χ0) is 19.0. The van der Waals surface area contributed by atoms with Gasteiger partial charge in [-0.25, -0.2) is 8.42 Å². The summed E-state index contributed by atoms with van der Waals surface area (Å²) in [6.45, 7) is 6.29. The highest BCUT2D eigenvalue weighted by atomic mass is 35.5. The fourth-order valence-electron chi connectivity index (χ4n) is 2.00. The van der Waals surface area contributed by atoms with Crippen molar-refractivity contribution in [2.45, 2.75) is 20.8 Å². The molecule has 0 spiro atoms. The molecule has 140 valence electrons. The van der Waals surface area contributed by atoms with Crippen LogP contribution in [0.5, 0.6) is 5.75 Å². The Morgan fingerprint density at radius 1 is 1.20 bits per heavy atom. The van der Waals surface area contributed by atoms with Gasteiger partial charge in [0.05, 0.1) is 5.02 Å². The third kappa shape index (κ3) is 6.91. The number of nitrogens with zero attached hydrogens (tertiary/aromatic N) is 1. The Kier molecular flexibility index (Phi) is 8.18. The van der Waals surface area contributed by atoms with Crippen LogP contribution in [0.1, 0.15) is 20.8 Å². The van der Waals surface area contributed by atoms with Gasteiger partial charge in [-0.1, -0.05) is 18.5 Å². The largest absolute Gasteiger partial charge is 0.482 e. The van der Waals surface area contributed by atoms with Gasteiger partial charge in [-0.3, -0.25) is 9.59 Å². The summed E-state index contributed by atoms with van der Waals surface area (Å²) in [5.74, 6) is -1.17. The lowest BCUT2D eigenvalue weighted by molar-refractivity contribution is -0.133. The number of hydrogen-bond acceptors (Lipinski definition) is 5. The summed E-state index contributed by atoms with van der Waals surface area (Å²) in [5, 5.41) is 2.68. The van der Waals surface area contributed by atoms with Gasteiger partial charge in [-0.2, -0.15) is 0 Å². The summed E-state index contributed by atoms with van der Waals surface area (Å²) in [7, 11) is -3.40. The van der Waals surface area contributed by atoms with Crippen LogP contribution in [0.15, 0.2) is 18.2 Å². The van der Waals surface area contributed by atoms with Crippen LogP contribution in [0.3, 0.4) is 0 Å². The quantitative estimate of drug-likeness (QED) is 0.695. The molecule has 0 atom stereocenters. The van der Waals surface area contributed by atoms with E-state index in [2.05, 4.69) is 5.32 Å². The molecule has 1 aromatic carbocycles. The minimum Gasteiger partial charge on any atom is -0.482 e. The van der Waals surface area contributed by atoms with Crippen LogP contribution in [-0.4, -0.2) is 56.3 Å². The van der Waals surface area contributed by atoms with E-state index in [0.29, 0.717) is 24.5 Å². The molecule has 0 aliphatic heterocycles. The van der Waals surface area contributed by atoms with Crippen molar-refractivity contribution in [3.8, 4) is 5.75 Å². The average molecular weight is 391 g/mol. The average Bonchev–Trinajstić information content (AvgIpc) is 2.54.